The molecule has 92 valence electrons. The normalized spacial score (nSPS) is 11.2. The van der Waals surface area contributed by atoms with Crippen LogP contribution in [0.2, 0.25) is 5.02 Å². The van der Waals surface area contributed by atoms with Gasteiger partial charge in [0.2, 0.25) is 0 Å². The quantitative estimate of drug-likeness (QED) is 0.615. The Hall–Kier alpha value is -1.55. The molecule has 0 aliphatic carbocycles. The molecule has 0 aliphatic heterocycles. The third kappa shape index (κ3) is 3.75. The van der Waals surface area contributed by atoms with E-state index in [1.54, 1.807) is 13.0 Å². The summed E-state index contributed by atoms with van der Waals surface area (Å²) in [6, 6.07) is 4.47. The fraction of sp³-hybridized carbons (Fsp3) is 0.250. The van der Waals surface area contributed by atoms with Crippen LogP contribution in [0.5, 0.6) is 5.75 Å². The van der Waals surface area contributed by atoms with E-state index in [4.69, 9.17) is 16.3 Å². The topological polar surface area (TPSA) is 35.5 Å². The second kappa shape index (κ2) is 6.25. The molecule has 0 aromatic heterocycles. The monoisotopic (exact) mass is 258 g/mol. The molecule has 0 saturated heterocycles. The maximum Gasteiger partial charge on any atom is 0.333 e. The van der Waals surface area contributed by atoms with Crippen molar-refractivity contribution in [3.05, 3.63) is 40.7 Å². The van der Waals surface area contributed by atoms with E-state index >= 15 is 0 Å². The molecule has 5 heteroatoms. The number of ether oxygens (including phenoxy) is 2. The van der Waals surface area contributed by atoms with Crippen LogP contribution in [0, 0.1) is 5.82 Å². The fourth-order valence-electron chi connectivity index (χ4n) is 1.10. The van der Waals surface area contributed by atoms with Crippen LogP contribution >= 0.6 is 11.6 Å². The van der Waals surface area contributed by atoms with Gasteiger partial charge in [-0.15, -0.1) is 0 Å². The molecule has 0 unspecified atom stereocenters. The zero-order chi connectivity index (χ0) is 12.8. The van der Waals surface area contributed by atoms with Crippen LogP contribution < -0.4 is 4.74 Å². The van der Waals surface area contributed by atoms with Gasteiger partial charge in [-0.1, -0.05) is 17.7 Å². The standard InChI is InChI=1S/C12H12ClFO3/c1-8(12(15)16-2)6-7-17-10-5-3-4-9(13)11(10)14/h3-6H,7H2,1-2H3/b8-6+. The highest BCUT2D eigenvalue weighted by atomic mass is 35.5. The maximum atomic E-state index is 13.4. The van der Waals surface area contributed by atoms with Gasteiger partial charge < -0.3 is 9.47 Å². The van der Waals surface area contributed by atoms with Crippen LogP contribution in [0.3, 0.4) is 0 Å². The van der Waals surface area contributed by atoms with Crippen LogP contribution in [-0.2, 0) is 9.53 Å². The van der Waals surface area contributed by atoms with Crippen molar-refractivity contribution in [3.63, 3.8) is 0 Å². The summed E-state index contributed by atoms with van der Waals surface area (Å²) in [7, 11) is 1.29. The Labute approximate surface area is 104 Å². The number of rotatable bonds is 4. The molecule has 17 heavy (non-hydrogen) atoms. The number of hydrogen-bond donors (Lipinski definition) is 0. The number of methoxy groups -OCH3 is 1. The summed E-state index contributed by atoms with van der Waals surface area (Å²) in [5.74, 6) is -1.01. The first-order valence-electron chi connectivity index (χ1n) is 4.88. The molecule has 1 aromatic carbocycles. The van der Waals surface area contributed by atoms with Gasteiger partial charge in [0.15, 0.2) is 11.6 Å². The second-order valence-corrected chi connectivity index (χ2v) is 3.65. The first-order valence-corrected chi connectivity index (χ1v) is 5.26. The van der Waals surface area contributed by atoms with Crippen LogP contribution in [-0.4, -0.2) is 19.7 Å². The van der Waals surface area contributed by atoms with E-state index in [2.05, 4.69) is 4.74 Å². The summed E-state index contributed by atoms with van der Waals surface area (Å²) in [5.41, 5.74) is 0.398. The summed E-state index contributed by atoms with van der Waals surface area (Å²) in [6.07, 6.45) is 1.51. The van der Waals surface area contributed by atoms with Gasteiger partial charge in [0, 0.05) is 5.57 Å². The molecule has 3 nitrogen and oxygen atoms in total. The van der Waals surface area contributed by atoms with Gasteiger partial charge >= 0.3 is 5.97 Å². The molecule has 1 aromatic rings. The molecule has 0 N–H and O–H groups in total. The van der Waals surface area contributed by atoms with Crippen molar-refractivity contribution in [2.75, 3.05) is 13.7 Å². The highest BCUT2D eigenvalue weighted by Gasteiger charge is 2.07. The number of hydrogen-bond acceptors (Lipinski definition) is 3. The molecule has 1 rings (SSSR count). The second-order valence-electron chi connectivity index (χ2n) is 3.24. The molecule has 0 bridgehead atoms. The van der Waals surface area contributed by atoms with Crippen molar-refractivity contribution in [2.45, 2.75) is 6.92 Å². The van der Waals surface area contributed by atoms with Gasteiger partial charge in [-0.3, -0.25) is 0 Å². The third-order valence-corrected chi connectivity index (χ3v) is 2.34. The Morgan fingerprint density at radius 1 is 1.53 bits per heavy atom. The Morgan fingerprint density at radius 2 is 2.24 bits per heavy atom. The predicted molar refractivity (Wildman–Crippen MR) is 62.7 cm³/mol. The summed E-state index contributed by atoms with van der Waals surface area (Å²) in [6.45, 7) is 1.65. The van der Waals surface area contributed by atoms with Gasteiger partial charge in [0.1, 0.15) is 6.61 Å². The van der Waals surface area contributed by atoms with Crippen molar-refractivity contribution in [1.29, 1.82) is 0 Å². The summed E-state index contributed by atoms with van der Waals surface area (Å²) in [4.78, 5) is 11.0. The molecule has 0 amide bonds. The lowest BCUT2D eigenvalue weighted by Crippen LogP contribution is -2.04. The van der Waals surface area contributed by atoms with E-state index in [-0.39, 0.29) is 17.4 Å². The van der Waals surface area contributed by atoms with Crippen LogP contribution in [0.1, 0.15) is 6.92 Å². The van der Waals surface area contributed by atoms with Crippen LogP contribution in [0.15, 0.2) is 29.8 Å². The molecular weight excluding hydrogens is 247 g/mol. The smallest absolute Gasteiger partial charge is 0.333 e. The zero-order valence-electron chi connectivity index (χ0n) is 9.50. The van der Waals surface area contributed by atoms with Crippen LogP contribution in [0.4, 0.5) is 4.39 Å². The Kier molecular flexibility index (Phi) is 4.97. The summed E-state index contributed by atoms with van der Waals surface area (Å²) >= 11 is 5.58. The van der Waals surface area contributed by atoms with E-state index in [0.717, 1.165) is 0 Å². The Balaban J connectivity index is 2.63. The lowest BCUT2D eigenvalue weighted by Gasteiger charge is -2.06. The molecule has 0 fully saturated rings. The Morgan fingerprint density at radius 3 is 2.88 bits per heavy atom. The lowest BCUT2D eigenvalue weighted by molar-refractivity contribution is -0.136. The summed E-state index contributed by atoms with van der Waals surface area (Å²) < 4.78 is 23.0. The number of carbonyl (C=O) groups excluding carboxylic acids is 1. The third-order valence-electron chi connectivity index (χ3n) is 2.05. The van der Waals surface area contributed by atoms with Crippen LogP contribution in [0.25, 0.3) is 0 Å². The van der Waals surface area contributed by atoms with Gasteiger partial charge in [0.25, 0.3) is 0 Å². The van der Waals surface area contributed by atoms with Gasteiger partial charge in [-0.25, -0.2) is 9.18 Å². The highest BCUT2D eigenvalue weighted by molar-refractivity contribution is 6.30. The van der Waals surface area contributed by atoms with Crippen molar-refractivity contribution in [2.24, 2.45) is 0 Å². The lowest BCUT2D eigenvalue weighted by atomic mass is 10.3. The fourth-order valence-corrected chi connectivity index (χ4v) is 1.26. The zero-order valence-corrected chi connectivity index (χ0v) is 10.3. The van der Waals surface area contributed by atoms with Crippen molar-refractivity contribution in [3.8, 4) is 5.75 Å². The van der Waals surface area contributed by atoms with Gasteiger partial charge in [0.05, 0.1) is 12.1 Å². The molecule has 0 radical (unpaired) electrons. The average molecular weight is 259 g/mol. The maximum absolute atomic E-state index is 13.4. The minimum atomic E-state index is -0.613. The summed E-state index contributed by atoms with van der Waals surface area (Å²) in [5, 5.41) is -0.00355. The first kappa shape index (κ1) is 13.5. The first-order chi connectivity index (χ1) is 8.06. The molecule has 0 atom stereocenters. The highest BCUT2D eigenvalue weighted by Crippen LogP contribution is 2.23. The minimum absolute atomic E-state index is 0.00355. The number of carbonyl (C=O) groups is 1. The Bertz CT molecular complexity index is 443. The molecule has 0 spiro atoms. The van der Waals surface area contributed by atoms with E-state index in [1.807, 2.05) is 0 Å². The molecular formula is C12H12ClFO3. The minimum Gasteiger partial charge on any atom is -0.486 e. The van der Waals surface area contributed by atoms with Gasteiger partial charge in [-0.2, -0.15) is 0 Å². The van der Waals surface area contributed by atoms with E-state index in [0.29, 0.717) is 5.57 Å². The van der Waals surface area contributed by atoms with E-state index in [1.165, 1.54) is 25.3 Å². The SMILES string of the molecule is COC(=O)/C(C)=C/COc1cccc(Cl)c1F. The number of benzene rings is 1. The molecule has 0 saturated carbocycles. The largest absolute Gasteiger partial charge is 0.486 e. The van der Waals surface area contributed by atoms with Crippen molar-refractivity contribution in [1.82, 2.24) is 0 Å². The molecule has 0 heterocycles. The molecule has 0 aliphatic rings. The predicted octanol–water partition coefficient (Wildman–Crippen LogP) is 2.98. The van der Waals surface area contributed by atoms with Gasteiger partial charge in [-0.05, 0) is 25.1 Å². The van der Waals surface area contributed by atoms with Crippen molar-refractivity contribution >= 4 is 17.6 Å². The number of halogens is 2. The van der Waals surface area contributed by atoms with E-state index in [9.17, 15) is 9.18 Å². The number of esters is 1. The van der Waals surface area contributed by atoms with E-state index < -0.39 is 11.8 Å². The average Bonchev–Trinajstić information content (AvgIpc) is 2.33. The van der Waals surface area contributed by atoms with Crippen molar-refractivity contribution < 1.29 is 18.7 Å².